The van der Waals surface area contributed by atoms with Crippen molar-refractivity contribution in [1.29, 1.82) is 0 Å². The third kappa shape index (κ3) is 5.14. The topological polar surface area (TPSA) is 79.7 Å². The maximum atomic E-state index is 13.3. The zero-order chi connectivity index (χ0) is 25.8. The minimum absolute atomic E-state index is 0.0537. The fourth-order valence-electron chi connectivity index (χ4n) is 4.46. The largest absolute Gasteiger partial charge is 0.507 e. The number of ether oxygens (including phenoxy) is 1. The van der Waals surface area contributed by atoms with Gasteiger partial charge >= 0.3 is 0 Å². The van der Waals surface area contributed by atoms with E-state index in [0.717, 1.165) is 16.7 Å². The van der Waals surface area contributed by atoms with E-state index >= 15 is 0 Å². The minimum atomic E-state index is -0.790. The van der Waals surface area contributed by atoms with E-state index in [-0.39, 0.29) is 17.9 Å². The average molecular weight is 491 g/mol. The number of aromatic nitrogens is 1. The molecule has 1 fully saturated rings. The van der Waals surface area contributed by atoms with Crippen LogP contribution in [0.1, 0.15) is 33.9 Å². The zero-order valence-corrected chi connectivity index (χ0v) is 20.4. The highest BCUT2D eigenvalue weighted by atomic mass is 16.5. The van der Waals surface area contributed by atoms with Gasteiger partial charge in [0.2, 0.25) is 0 Å². The highest BCUT2D eigenvalue weighted by molar-refractivity contribution is 6.46. The van der Waals surface area contributed by atoms with Crippen molar-refractivity contribution in [1.82, 2.24) is 9.88 Å². The quantitative estimate of drug-likeness (QED) is 0.208. The molecule has 1 aromatic heterocycles. The van der Waals surface area contributed by atoms with E-state index in [1.807, 2.05) is 79.7 Å². The normalized spacial score (nSPS) is 16.7. The van der Waals surface area contributed by atoms with Gasteiger partial charge in [-0.05, 0) is 41.8 Å². The second-order valence-electron chi connectivity index (χ2n) is 9.00. The van der Waals surface area contributed by atoms with Crippen LogP contribution in [0, 0.1) is 6.92 Å². The number of aliphatic hydroxyl groups is 1. The molecule has 1 amide bonds. The van der Waals surface area contributed by atoms with E-state index in [1.54, 1.807) is 30.6 Å². The van der Waals surface area contributed by atoms with Gasteiger partial charge in [0.25, 0.3) is 11.7 Å². The Bertz CT molecular complexity index is 1450. The second-order valence-corrected chi connectivity index (χ2v) is 9.00. The monoisotopic (exact) mass is 490 g/mol. The number of hydrogen-bond donors (Lipinski definition) is 1. The molecule has 6 heteroatoms. The lowest BCUT2D eigenvalue weighted by Gasteiger charge is -2.25. The maximum absolute atomic E-state index is 13.3. The second kappa shape index (κ2) is 10.5. The standard InChI is InChI=1S/C31H26N2O4/c1-21-12-14-24(15-13-21)29(34)27-28(33(31(36)30(27)35)19-23-9-6-16-32-18-23)25-10-5-11-26(17-25)37-20-22-7-3-2-4-8-22/h2-18,28,34H,19-20H2,1H3/b29-27+. The number of aryl methyl sites for hydroxylation is 1. The molecule has 0 radical (unpaired) electrons. The summed E-state index contributed by atoms with van der Waals surface area (Å²) in [5.41, 5.74) is 4.02. The molecule has 6 nitrogen and oxygen atoms in total. The lowest BCUT2D eigenvalue weighted by atomic mass is 9.94. The predicted octanol–water partition coefficient (Wildman–Crippen LogP) is 5.59. The highest BCUT2D eigenvalue weighted by Gasteiger charge is 2.46. The molecule has 5 rings (SSSR count). The summed E-state index contributed by atoms with van der Waals surface area (Å²) in [6, 6.07) is 27.2. The van der Waals surface area contributed by atoms with Crippen LogP contribution < -0.4 is 4.74 Å². The number of ketones is 1. The molecule has 4 aromatic rings. The third-order valence-corrected chi connectivity index (χ3v) is 6.36. The first-order valence-corrected chi connectivity index (χ1v) is 12.0. The van der Waals surface area contributed by atoms with Crippen molar-refractivity contribution in [3.8, 4) is 5.75 Å². The first-order chi connectivity index (χ1) is 18.0. The van der Waals surface area contributed by atoms with Crippen LogP contribution in [0.3, 0.4) is 0 Å². The van der Waals surface area contributed by atoms with Gasteiger partial charge in [-0.15, -0.1) is 0 Å². The predicted molar refractivity (Wildman–Crippen MR) is 140 cm³/mol. The Kier molecular flexibility index (Phi) is 6.81. The van der Waals surface area contributed by atoms with E-state index in [1.165, 1.54) is 4.90 Å². The van der Waals surface area contributed by atoms with Crippen molar-refractivity contribution < 1.29 is 19.4 Å². The molecule has 3 aromatic carbocycles. The van der Waals surface area contributed by atoms with Crippen LogP contribution in [0.4, 0.5) is 0 Å². The number of carbonyl (C=O) groups is 2. The number of pyridine rings is 1. The van der Waals surface area contributed by atoms with E-state index in [4.69, 9.17) is 4.74 Å². The number of Topliss-reactive ketones (excluding diaryl/α,β-unsaturated/α-hetero) is 1. The van der Waals surface area contributed by atoms with Crippen molar-refractivity contribution in [2.75, 3.05) is 0 Å². The Balaban J connectivity index is 1.56. The van der Waals surface area contributed by atoms with Gasteiger partial charge in [-0.3, -0.25) is 14.6 Å². The number of likely N-dealkylation sites (tertiary alicyclic amines) is 1. The smallest absolute Gasteiger partial charge is 0.295 e. The number of carbonyl (C=O) groups excluding carboxylic acids is 2. The molecule has 1 aliphatic rings. The van der Waals surface area contributed by atoms with E-state index in [9.17, 15) is 14.7 Å². The van der Waals surface area contributed by atoms with Crippen molar-refractivity contribution in [3.63, 3.8) is 0 Å². The molecule has 1 saturated heterocycles. The Morgan fingerprint density at radius 1 is 0.919 bits per heavy atom. The first-order valence-electron chi connectivity index (χ1n) is 12.0. The van der Waals surface area contributed by atoms with Gasteiger partial charge in [-0.25, -0.2) is 0 Å². The molecule has 0 saturated carbocycles. The molecule has 184 valence electrons. The number of rotatable bonds is 7. The van der Waals surface area contributed by atoms with Crippen molar-refractivity contribution in [2.45, 2.75) is 26.1 Å². The molecule has 1 unspecified atom stereocenters. The maximum Gasteiger partial charge on any atom is 0.295 e. The average Bonchev–Trinajstić information content (AvgIpc) is 3.18. The SMILES string of the molecule is Cc1ccc(/C(O)=C2\C(=O)C(=O)N(Cc3cccnc3)C2c2cccc(OCc3ccccc3)c2)cc1. The van der Waals surface area contributed by atoms with Crippen LogP contribution in [0.15, 0.2) is 109 Å². The van der Waals surface area contributed by atoms with Gasteiger partial charge in [-0.2, -0.15) is 0 Å². The Hall–Kier alpha value is -4.71. The summed E-state index contributed by atoms with van der Waals surface area (Å²) in [6.07, 6.45) is 3.32. The van der Waals surface area contributed by atoms with Gasteiger partial charge in [0, 0.05) is 24.5 Å². The summed E-state index contributed by atoms with van der Waals surface area (Å²) in [6.45, 7) is 2.49. The number of amides is 1. The van der Waals surface area contributed by atoms with Crippen LogP contribution in [-0.2, 0) is 22.7 Å². The van der Waals surface area contributed by atoms with Crippen LogP contribution in [0.5, 0.6) is 5.75 Å². The van der Waals surface area contributed by atoms with Crippen LogP contribution in [-0.4, -0.2) is 26.7 Å². The summed E-state index contributed by atoms with van der Waals surface area (Å²) in [5, 5.41) is 11.3. The van der Waals surface area contributed by atoms with Crippen molar-refractivity contribution >= 4 is 17.4 Å². The Morgan fingerprint density at radius 2 is 1.68 bits per heavy atom. The van der Waals surface area contributed by atoms with Gasteiger partial charge in [0.05, 0.1) is 11.6 Å². The summed E-state index contributed by atoms with van der Waals surface area (Å²) in [5.74, 6) is -0.989. The summed E-state index contributed by atoms with van der Waals surface area (Å²) in [4.78, 5) is 32.2. The fourth-order valence-corrected chi connectivity index (χ4v) is 4.46. The Labute approximate surface area is 215 Å². The van der Waals surface area contributed by atoms with Crippen LogP contribution in [0.25, 0.3) is 5.76 Å². The highest BCUT2D eigenvalue weighted by Crippen LogP contribution is 2.41. The van der Waals surface area contributed by atoms with Gasteiger partial charge in [0.15, 0.2) is 0 Å². The molecular weight excluding hydrogens is 464 g/mol. The fraction of sp³-hybridized carbons (Fsp3) is 0.129. The summed E-state index contributed by atoms with van der Waals surface area (Å²) >= 11 is 0. The van der Waals surface area contributed by atoms with E-state index < -0.39 is 17.7 Å². The molecule has 1 aliphatic heterocycles. The molecule has 0 spiro atoms. The number of nitrogens with zero attached hydrogens (tertiary/aromatic N) is 2. The van der Waals surface area contributed by atoms with Gasteiger partial charge < -0.3 is 14.7 Å². The molecule has 0 aliphatic carbocycles. The molecule has 1 atom stereocenters. The van der Waals surface area contributed by atoms with Crippen LogP contribution >= 0.6 is 0 Å². The molecular formula is C31H26N2O4. The lowest BCUT2D eigenvalue weighted by Crippen LogP contribution is -2.29. The molecule has 2 heterocycles. The number of aliphatic hydroxyl groups excluding tert-OH is 1. The van der Waals surface area contributed by atoms with E-state index in [2.05, 4.69) is 4.98 Å². The van der Waals surface area contributed by atoms with Crippen molar-refractivity contribution in [2.24, 2.45) is 0 Å². The Morgan fingerprint density at radius 3 is 2.41 bits per heavy atom. The minimum Gasteiger partial charge on any atom is -0.507 e. The number of benzene rings is 3. The molecule has 37 heavy (non-hydrogen) atoms. The van der Waals surface area contributed by atoms with Crippen LogP contribution in [0.2, 0.25) is 0 Å². The lowest BCUT2D eigenvalue weighted by molar-refractivity contribution is -0.140. The number of hydrogen-bond acceptors (Lipinski definition) is 5. The summed E-state index contributed by atoms with van der Waals surface area (Å²) < 4.78 is 6.02. The van der Waals surface area contributed by atoms with Gasteiger partial charge in [-0.1, -0.05) is 78.4 Å². The van der Waals surface area contributed by atoms with Crippen molar-refractivity contribution in [3.05, 3.63) is 137 Å². The molecule has 0 bridgehead atoms. The first kappa shape index (κ1) is 24.0. The van der Waals surface area contributed by atoms with Gasteiger partial charge in [0.1, 0.15) is 18.1 Å². The third-order valence-electron chi connectivity index (χ3n) is 6.36. The van der Waals surface area contributed by atoms with E-state index in [0.29, 0.717) is 23.5 Å². The molecule has 1 N–H and O–H groups in total. The zero-order valence-electron chi connectivity index (χ0n) is 20.4. The summed E-state index contributed by atoms with van der Waals surface area (Å²) in [7, 11) is 0.